The third kappa shape index (κ3) is 14.6. The van der Waals surface area contributed by atoms with E-state index in [9.17, 15) is 10.2 Å². The van der Waals surface area contributed by atoms with Crippen LogP contribution < -0.4 is 9.47 Å². The van der Waals surface area contributed by atoms with Crippen molar-refractivity contribution in [3.05, 3.63) is 77.4 Å². The monoisotopic (exact) mass is 916 g/mol. The summed E-state index contributed by atoms with van der Waals surface area (Å²) >= 11 is 1.98. The second-order valence-electron chi connectivity index (χ2n) is 19.5. The number of hydrogen-bond acceptors (Lipinski definition) is 9. The predicted octanol–water partition coefficient (Wildman–Crippen LogP) is 14.5. The Morgan fingerprint density at radius 1 is 0.800 bits per heavy atom. The minimum atomic E-state index is -0.972. The van der Waals surface area contributed by atoms with E-state index in [1.807, 2.05) is 30.0 Å². The van der Waals surface area contributed by atoms with Crippen LogP contribution in [-0.4, -0.2) is 65.4 Å². The van der Waals surface area contributed by atoms with Crippen LogP contribution in [0.2, 0.25) is 0 Å². The van der Waals surface area contributed by atoms with Crippen molar-refractivity contribution in [2.24, 2.45) is 22.9 Å². The molecule has 1 saturated carbocycles. The van der Waals surface area contributed by atoms with Crippen molar-refractivity contribution in [2.45, 2.75) is 198 Å². The van der Waals surface area contributed by atoms with Gasteiger partial charge in [0.25, 0.3) is 0 Å². The normalized spacial score (nSPS) is 25.4. The summed E-state index contributed by atoms with van der Waals surface area (Å²) in [6, 6.07) is 12.6. The highest BCUT2D eigenvalue weighted by Crippen LogP contribution is 2.63. The molecule has 0 aromatic heterocycles. The van der Waals surface area contributed by atoms with E-state index in [0.29, 0.717) is 19.6 Å². The summed E-state index contributed by atoms with van der Waals surface area (Å²) in [5.74, 6) is 2.79. The molecule has 2 aromatic carbocycles. The van der Waals surface area contributed by atoms with Gasteiger partial charge >= 0.3 is 0 Å². The molecule has 65 heavy (non-hydrogen) atoms. The van der Waals surface area contributed by atoms with Gasteiger partial charge in [-0.1, -0.05) is 127 Å². The van der Waals surface area contributed by atoms with Crippen LogP contribution in [0.1, 0.15) is 184 Å². The van der Waals surface area contributed by atoms with E-state index in [4.69, 9.17) is 28.9 Å². The third-order valence-electron chi connectivity index (χ3n) is 14.6. The summed E-state index contributed by atoms with van der Waals surface area (Å²) in [5.41, 5.74) is 5.69. The molecule has 1 saturated heterocycles. The van der Waals surface area contributed by atoms with E-state index in [1.54, 1.807) is 0 Å². The number of allylic oxidation sites excluding steroid dienone is 1. The quantitative estimate of drug-likeness (QED) is 0.0438. The number of ether oxygens (including phenoxy) is 4. The number of unbranched alkanes of at least 4 members (excludes halogenated alkanes) is 15. The molecule has 2 N–H and O–H groups in total. The topological polar surface area (TPSA) is 99.0 Å². The van der Waals surface area contributed by atoms with Crippen LogP contribution in [0.3, 0.4) is 0 Å². The van der Waals surface area contributed by atoms with Gasteiger partial charge in [-0.15, -0.1) is 6.58 Å². The first-order chi connectivity index (χ1) is 31.9. The van der Waals surface area contributed by atoms with Crippen molar-refractivity contribution in [2.75, 3.05) is 32.2 Å². The fourth-order valence-electron chi connectivity index (χ4n) is 10.9. The second-order valence-corrected chi connectivity index (χ2v) is 20.8. The number of oxime groups is 1. The van der Waals surface area contributed by atoms with Gasteiger partial charge in [-0.3, -0.25) is 0 Å². The molecule has 9 heteroatoms. The maximum absolute atomic E-state index is 10.0. The molecule has 2 aliphatic heterocycles. The summed E-state index contributed by atoms with van der Waals surface area (Å²) in [5, 5.41) is 25.0. The number of aliphatic hydroxyl groups excluding tert-OH is 2. The highest BCUT2D eigenvalue weighted by molar-refractivity contribution is 8.00. The van der Waals surface area contributed by atoms with E-state index in [2.05, 4.69) is 57.7 Å². The maximum Gasteiger partial charge on any atom is 0.230 e. The lowest BCUT2D eigenvalue weighted by atomic mass is 9.56. The van der Waals surface area contributed by atoms with Crippen LogP contribution in [0.4, 0.5) is 0 Å². The van der Waals surface area contributed by atoms with Crippen LogP contribution >= 0.6 is 11.8 Å². The minimum absolute atomic E-state index is 0.0188. The second kappa shape index (κ2) is 27.9. The molecule has 2 aliphatic carbocycles. The van der Waals surface area contributed by atoms with Crippen molar-refractivity contribution in [1.29, 1.82) is 0 Å². The highest BCUT2D eigenvalue weighted by atomic mass is 32.2. The van der Waals surface area contributed by atoms with Gasteiger partial charge in [0.15, 0.2) is 0 Å². The Kier molecular flexibility index (Phi) is 22.1. The lowest BCUT2D eigenvalue weighted by molar-refractivity contribution is -0.223. The number of aryl methyl sites for hydroxylation is 2. The smallest absolute Gasteiger partial charge is 0.230 e. The van der Waals surface area contributed by atoms with Crippen LogP contribution in [0.5, 0.6) is 17.2 Å². The number of fused-ring (bicyclic) bond motifs is 2. The zero-order valence-electron chi connectivity index (χ0n) is 40.6. The van der Waals surface area contributed by atoms with E-state index in [1.165, 1.54) is 94.6 Å². The SMILES string of the molecule is C=CCO[C@@]12Oc3ccc(Oc4ccc(C)c(C)c4)cc3[C@H]3[C@H](CCCCO)[C@@H](CCCCO)C=C(C(=NOC4CCCCO4)C[C@@H]1SCCCCCCCCCCCCCCCC)[C@H]32. The average Bonchev–Trinajstić information content (AvgIpc) is 3.32. The molecule has 2 fully saturated rings. The zero-order chi connectivity index (χ0) is 45.7. The summed E-state index contributed by atoms with van der Waals surface area (Å²) in [4.78, 5) is 6.34. The molecule has 8 nitrogen and oxygen atoms in total. The number of benzene rings is 2. The van der Waals surface area contributed by atoms with Gasteiger partial charge in [0, 0.05) is 37.5 Å². The predicted molar refractivity (Wildman–Crippen MR) is 268 cm³/mol. The third-order valence-corrected chi connectivity index (χ3v) is 16.0. The first kappa shape index (κ1) is 51.6. The Bertz CT molecular complexity index is 1770. The molecular formula is C56H85NO7S. The number of nitrogens with zero attached hydrogens (tertiary/aromatic N) is 1. The van der Waals surface area contributed by atoms with Gasteiger partial charge in [0.2, 0.25) is 12.1 Å². The van der Waals surface area contributed by atoms with E-state index in [0.717, 1.165) is 104 Å². The molecule has 0 spiro atoms. The van der Waals surface area contributed by atoms with Crippen LogP contribution in [-0.2, 0) is 14.3 Å². The van der Waals surface area contributed by atoms with E-state index in [-0.39, 0.29) is 48.4 Å². The Balaban J connectivity index is 1.29. The summed E-state index contributed by atoms with van der Waals surface area (Å²) in [6.45, 7) is 12.1. The van der Waals surface area contributed by atoms with E-state index >= 15 is 0 Å². The minimum Gasteiger partial charge on any atom is -0.460 e. The van der Waals surface area contributed by atoms with Crippen molar-refractivity contribution in [3.8, 4) is 17.2 Å². The van der Waals surface area contributed by atoms with Crippen LogP contribution in [0.15, 0.2) is 65.9 Å². The molecule has 0 bridgehead atoms. The average molecular weight is 916 g/mol. The summed E-state index contributed by atoms with van der Waals surface area (Å²) < 4.78 is 27.3. The van der Waals surface area contributed by atoms with Crippen molar-refractivity contribution < 1.29 is 34.0 Å². The highest BCUT2D eigenvalue weighted by Gasteiger charge is 2.64. The first-order valence-electron chi connectivity index (χ1n) is 26.1. The lowest BCUT2D eigenvalue weighted by Gasteiger charge is -2.58. The Morgan fingerprint density at radius 2 is 1.48 bits per heavy atom. The largest absolute Gasteiger partial charge is 0.460 e. The number of thioether (sulfide) groups is 1. The molecule has 362 valence electrons. The molecule has 4 aliphatic rings. The Morgan fingerprint density at radius 3 is 2.14 bits per heavy atom. The van der Waals surface area contributed by atoms with Crippen molar-refractivity contribution in [3.63, 3.8) is 0 Å². The summed E-state index contributed by atoms with van der Waals surface area (Å²) in [7, 11) is 0. The molecule has 1 unspecified atom stereocenters. The molecule has 0 amide bonds. The Hall–Kier alpha value is -2.82. The fourth-order valence-corrected chi connectivity index (χ4v) is 12.3. The zero-order valence-corrected chi connectivity index (χ0v) is 41.4. The molecule has 7 atom stereocenters. The van der Waals surface area contributed by atoms with E-state index < -0.39 is 5.79 Å². The van der Waals surface area contributed by atoms with Crippen molar-refractivity contribution >= 4 is 17.5 Å². The summed E-state index contributed by atoms with van der Waals surface area (Å²) in [6.07, 6.45) is 31.7. The molecular weight excluding hydrogens is 831 g/mol. The number of rotatable bonds is 31. The molecule has 6 rings (SSSR count). The number of hydrogen-bond donors (Lipinski definition) is 2. The van der Waals surface area contributed by atoms with Gasteiger partial charge < -0.3 is 34.0 Å². The number of aliphatic hydroxyl groups is 2. The standard InChI is InChI=1S/C56H85NO7S/c1-5-7-8-9-10-11-12-13-14-15-16-17-18-25-37-65-52-41-50(57-64-53-28-21-24-36-60-53)48-39-44(26-19-22-33-58)47(27-20-23-34-59)54-49-40-46(62-45-30-29-42(3)43(4)38-45)31-32-51(49)63-56(52,55(48)54)61-35-6-2/h6,29-32,38-40,44,47,52-55,58-59H,2,5,7-28,33-37,41H2,1,3-4H3/t44-,47+,52-,53?,54+,55+,56+/m0/s1. The van der Waals surface area contributed by atoms with Gasteiger partial charge in [0.1, 0.15) is 17.2 Å². The first-order valence-corrected chi connectivity index (χ1v) is 27.2. The van der Waals surface area contributed by atoms with Crippen LogP contribution in [0.25, 0.3) is 0 Å². The van der Waals surface area contributed by atoms with Crippen LogP contribution in [0, 0.1) is 31.6 Å². The molecule has 0 radical (unpaired) electrons. The fraction of sp³-hybridized carbons (Fsp3) is 0.696. The lowest BCUT2D eigenvalue weighted by Crippen LogP contribution is -2.64. The maximum atomic E-state index is 10.0. The van der Waals surface area contributed by atoms with Gasteiger partial charge in [-0.25, -0.2) is 0 Å². The van der Waals surface area contributed by atoms with Crippen molar-refractivity contribution in [1.82, 2.24) is 0 Å². The molecule has 2 heterocycles. The molecule has 2 aromatic rings. The van der Waals surface area contributed by atoms with Gasteiger partial charge in [-0.05, 0) is 123 Å². The van der Waals surface area contributed by atoms with Gasteiger partial charge in [-0.2, -0.15) is 11.8 Å². The van der Waals surface area contributed by atoms with Gasteiger partial charge in [0.05, 0.1) is 30.1 Å². The Labute approximate surface area is 397 Å².